The van der Waals surface area contributed by atoms with Crippen LogP contribution >= 0.6 is 12.4 Å². The average molecular weight is 562 g/mol. The largest absolute Gasteiger partial charge is 0.496 e. The van der Waals surface area contributed by atoms with E-state index in [9.17, 15) is 0 Å². The summed E-state index contributed by atoms with van der Waals surface area (Å²) < 4.78 is 12.4. The van der Waals surface area contributed by atoms with Crippen molar-refractivity contribution in [1.82, 2.24) is 4.90 Å². The Labute approximate surface area is 246 Å². The molecule has 5 nitrogen and oxygen atoms in total. The van der Waals surface area contributed by atoms with Crippen molar-refractivity contribution in [1.29, 1.82) is 0 Å². The van der Waals surface area contributed by atoms with E-state index in [4.69, 9.17) is 9.47 Å². The van der Waals surface area contributed by atoms with Crippen molar-refractivity contribution in [3.8, 4) is 22.6 Å². The van der Waals surface area contributed by atoms with Gasteiger partial charge in [0.2, 0.25) is 0 Å². The second-order valence-corrected chi connectivity index (χ2v) is 12.0. The van der Waals surface area contributed by atoms with Crippen LogP contribution in [0.25, 0.3) is 11.1 Å². The standard InChI is InChI=1S/C34H43N3O2.ClH/c1-23-24(2)32-30(33(34(4,5)39-32)37-17-11-12-18-37)25(3)31(23)36-21-19-35(20-22-36)28-15-9-7-13-26(28)27-14-8-10-16-29(27)38-6;/h7-10,13-16,33H,11-12,17-22H2,1-6H3;1H. The fraction of sp³-hybridized carbons (Fsp3) is 0.471. The molecule has 0 radical (unpaired) electrons. The lowest BCUT2D eigenvalue weighted by atomic mass is 9.86. The maximum atomic E-state index is 6.72. The van der Waals surface area contributed by atoms with Crippen molar-refractivity contribution < 1.29 is 9.47 Å². The van der Waals surface area contributed by atoms with Crippen LogP contribution in [0.15, 0.2) is 48.5 Å². The minimum absolute atomic E-state index is 0. The number of hydrogen-bond acceptors (Lipinski definition) is 5. The Balaban J connectivity index is 0.00000323. The molecule has 6 rings (SSSR count). The van der Waals surface area contributed by atoms with Gasteiger partial charge >= 0.3 is 0 Å². The topological polar surface area (TPSA) is 28.2 Å². The molecule has 0 spiro atoms. The third-order valence-electron chi connectivity index (χ3n) is 9.30. The van der Waals surface area contributed by atoms with Crippen LogP contribution in [0.4, 0.5) is 11.4 Å². The van der Waals surface area contributed by atoms with Crippen LogP contribution in [0.2, 0.25) is 0 Å². The van der Waals surface area contributed by atoms with Crippen LogP contribution in [0, 0.1) is 20.8 Å². The second-order valence-electron chi connectivity index (χ2n) is 12.0. The highest BCUT2D eigenvalue weighted by Gasteiger charge is 2.47. The lowest BCUT2D eigenvalue weighted by Gasteiger charge is -2.40. The van der Waals surface area contributed by atoms with E-state index < -0.39 is 0 Å². The van der Waals surface area contributed by atoms with Gasteiger partial charge in [-0.2, -0.15) is 0 Å². The number of rotatable bonds is 5. The van der Waals surface area contributed by atoms with E-state index >= 15 is 0 Å². The molecule has 0 amide bonds. The van der Waals surface area contributed by atoms with Crippen LogP contribution in [0.5, 0.6) is 11.5 Å². The van der Waals surface area contributed by atoms with Crippen molar-refractivity contribution in [2.45, 2.75) is 59.1 Å². The first-order valence-corrected chi connectivity index (χ1v) is 14.6. The molecule has 6 heteroatoms. The predicted octanol–water partition coefficient (Wildman–Crippen LogP) is 7.34. The summed E-state index contributed by atoms with van der Waals surface area (Å²) in [5.74, 6) is 2.06. The highest BCUT2D eigenvalue weighted by atomic mass is 35.5. The van der Waals surface area contributed by atoms with Gasteiger partial charge in [0, 0.05) is 54.2 Å². The third kappa shape index (κ3) is 4.71. The number of benzene rings is 3. The summed E-state index contributed by atoms with van der Waals surface area (Å²) in [5.41, 5.74) is 10.4. The maximum Gasteiger partial charge on any atom is 0.128 e. The minimum Gasteiger partial charge on any atom is -0.496 e. The van der Waals surface area contributed by atoms with Gasteiger partial charge in [-0.3, -0.25) is 4.90 Å². The Kier molecular flexibility index (Phi) is 8.00. The molecule has 1 atom stereocenters. The number of ether oxygens (including phenoxy) is 2. The average Bonchev–Trinajstić information content (AvgIpc) is 3.57. The summed E-state index contributed by atoms with van der Waals surface area (Å²) in [6, 6.07) is 17.4. The molecule has 214 valence electrons. The number of piperazine rings is 1. The van der Waals surface area contributed by atoms with Crippen molar-refractivity contribution in [2.24, 2.45) is 0 Å². The maximum absolute atomic E-state index is 6.72. The zero-order valence-electron chi connectivity index (χ0n) is 24.9. The summed E-state index contributed by atoms with van der Waals surface area (Å²) in [5, 5.41) is 0. The summed E-state index contributed by atoms with van der Waals surface area (Å²) in [4.78, 5) is 7.85. The number of methoxy groups -OCH3 is 1. The molecular formula is C34H44ClN3O2. The van der Waals surface area contributed by atoms with E-state index in [1.54, 1.807) is 7.11 Å². The van der Waals surface area contributed by atoms with E-state index in [-0.39, 0.29) is 18.0 Å². The van der Waals surface area contributed by atoms with Gasteiger partial charge in [-0.1, -0.05) is 36.4 Å². The molecule has 0 bridgehead atoms. The first-order chi connectivity index (χ1) is 18.8. The van der Waals surface area contributed by atoms with E-state index in [1.807, 2.05) is 12.1 Å². The van der Waals surface area contributed by atoms with Crippen LogP contribution in [0.3, 0.4) is 0 Å². The highest BCUT2D eigenvalue weighted by Crippen LogP contribution is 2.53. The third-order valence-corrected chi connectivity index (χ3v) is 9.30. The lowest BCUT2D eigenvalue weighted by Crippen LogP contribution is -2.47. The van der Waals surface area contributed by atoms with Gasteiger partial charge in [-0.25, -0.2) is 0 Å². The number of likely N-dealkylation sites (tertiary alicyclic amines) is 1. The number of anilines is 2. The van der Waals surface area contributed by atoms with Crippen LogP contribution < -0.4 is 19.3 Å². The number of hydrogen-bond donors (Lipinski definition) is 0. The van der Waals surface area contributed by atoms with Crippen LogP contribution in [-0.2, 0) is 0 Å². The predicted molar refractivity (Wildman–Crippen MR) is 169 cm³/mol. The molecule has 0 saturated carbocycles. The monoisotopic (exact) mass is 561 g/mol. The van der Waals surface area contributed by atoms with E-state index in [2.05, 4.69) is 85.7 Å². The fourth-order valence-electron chi connectivity index (χ4n) is 7.37. The summed E-state index contributed by atoms with van der Waals surface area (Å²) >= 11 is 0. The molecule has 2 fully saturated rings. The van der Waals surface area contributed by atoms with E-state index in [1.165, 1.54) is 65.1 Å². The van der Waals surface area contributed by atoms with Gasteiger partial charge in [-0.05, 0) is 89.4 Å². The fourth-order valence-corrected chi connectivity index (χ4v) is 7.37. The molecule has 0 aromatic heterocycles. The Morgan fingerprint density at radius 2 is 1.35 bits per heavy atom. The van der Waals surface area contributed by atoms with Crippen molar-refractivity contribution >= 4 is 23.8 Å². The molecule has 3 aromatic carbocycles. The molecule has 3 heterocycles. The Bertz CT molecular complexity index is 1370. The van der Waals surface area contributed by atoms with Gasteiger partial charge in [0.15, 0.2) is 0 Å². The number of para-hydroxylation sites is 2. The van der Waals surface area contributed by atoms with Gasteiger partial charge in [0.25, 0.3) is 0 Å². The molecule has 2 saturated heterocycles. The molecule has 3 aromatic rings. The van der Waals surface area contributed by atoms with Gasteiger partial charge in [0.1, 0.15) is 17.1 Å². The van der Waals surface area contributed by atoms with Crippen LogP contribution in [0.1, 0.15) is 55.0 Å². The first-order valence-electron chi connectivity index (χ1n) is 14.6. The van der Waals surface area contributed by atoms with Gasteiger partial charge < -0.3 is 19.3 Å². The molecule has 0 N–H and O–H groups in total. The Hall–Kier alpha value is -2.89. The summed E-state index contributed by atoms with van der Waals surface area (Å²) in [6.45, 7) is 17.8. The van der Waals surface area contributed by atoms with Gasteiger partial charge in [-0.15, -0.1) is 12.4 Å². The normalized spacial score (nSPS) is 20.2. The molecule has 40 heavy (non-hydrogen) atoms. The summed E-state index contributed by atoms with van der Waals surface area (Å²) in [6.07, 6.45) is 2.58. The highest BCUT2D eigenvalue weighted by molar-refractivity contribution is 5.85. The quantitative estimate of drug-likeness (QED) is 0.325. The lowest BCUT2D eigenvalue weighted by molar-refractivity contribution is 0.0396. The van der Waals surface area contributed by atoms with E-state index in [0.717, 1.165) is 43.2 Å². The Morgan fingerprint density at radius 3 is 2.02 bits per heavy atom. The molecule has 1 unspecified atom stereocenters. The van der Waals surface area contributed by atoms with E-state index in [0.29, 0.717) is 6.04 Å². The van der Waals surface area contributed by atoms with Gasteiger partial charge in [0.05, 0.1) is 13.2 Å². The Morgan fingerprint density at radius 1 is 0.750 bits per heavy atom. The minimum atomic E-state index is -0.214. The first kappa shape index (κ1) is 28.6. The number of nitrogens with zero attached hydrogens (tertiary/aromatic N) is 3. The molecule has 3 aliphatic heterocycles. The number of halogens is 1. The van der Waals surface area contributed by atoms with Crippen molar-refractivity contribution in [2.75, 3.05) is 56.2 Å². The zero-order chi connectivity index (χ0) is 27.3. The summed E-state index contributed by atoms with van der Waals surface area (Å²) in [7, 11) is 1.75. The molecular weight excluding hydrogens is 518 g/mol. The molecule has 3 aliphatic rings. The second kappa shape index (κ2) is 11.2. The smallest absolute Gasteiger partial charge is 0.128 e. The van der Waals surface area contributed by atoms with Crippen LogP contribution in [-0.4, -0.2) is 56.9 Å². The number of fused-ring (bicyclic) bond motifs is 1. The SMILES string of the molecule is COc1ccccc1-c1ccccc1N1CCN(c2c(C)c(C)c3c(c2C)C(N2CCCC2)C(C)(C)O3)CC1.Cl. The zero-order valence-corrected chi connectivity index (χ0v) is 25.7. The van der Waals surface area contributed by atoms with Crippen molar-refractivity contribution in [3.63, 3.8) is 0 Å². The van der Waals surface area contributed by atoms with Crippen molar-refractivity contribution in [3.05, 3.63) is 70.8 Å². The molecule has 0 aliphatic carbocycles.